The van der Waals surface area contributed by atoms with Crippen molar-refractivity contribution in [3.8, 4) is 11.8 Å². The van der Waals surface area contributed by atoms with Crippen LogP contribution in [0.2, 0.25) is 0 Å². The molecular weight excluding hydrogens is 236 g/mol. The number of anilines is 2. The molecular formula is C15H12N4. The Labute approximate surface area is 111 Å². The van der Waals surface area contributed by atoms with Gasteiger partial charge in [0.15, 0.2) is 0 Å². The topological polar surface area (TPSA) is 60.8 Å². The Hall–Kier alpha value is -2.89. The molecule has 0 fully saturated rings. The highest BCUT2D eigenvalue weighted by atomic mass is 15.1. The molecule has 0 saturated heterocycles. The molecule has 0 unspecified atom stereocenters. The van der Waals surface area contributed by atoms with Gasteiger partial charge in [-0.25, -0.2) is 0 Å². The smallest absolute Gasteiger partial charge is 0.0880 e. The summed E-state index contributed by atoms with van der Waals surface area (Å²) in [7, 11) is 0. The first-order chi connectivity index (χ1) is 9.38. The average Bonchev–Trinajstić information content (AvgIpc) is 2.46. The van der Waals surface area contributed by atoms with Crippen molar-refractivity contribution in [3.05, 3.63) is 70.6 Å². The van der Waals surface area contributed by atoms with Crippen molar-refractivity contribution in [3.63, 3.8) is 0 Å². The summed E-state index contributed by atoms with van der Waals surface area (Å²) in [4.78, 5) is 2.64. The highest BCUT2D eigenvalue weighted by Gasteiger charge is 1.93. The van der Waals surface area contributed by atoms with Gasteiger partial charge >= 0.3 is 0 Å². The van der Waals surface area contributed by atoms with Crippen molar-refractivity contribution in [2.24, 2.45) is 5.11 Å². The molecule has 2 rings (SSSR count). The fraction of sp³-hybridized carbons (Fsp3) is 0.0667. The summed E-state index contributed by atoms with van der Waals surface area (Å²) in [5, 5.41) is 6.65. The van der Waals surface area contributed by atoms with Gasteiger partial charge < -0.3 is 5.32 Å². The van der Waals surface area contributed by atoms with Gasteiger partial charge in [0.25, 0.3) is 0 Å². The predicted octanol–water partition coefficient (Wildman–Crippen LogP) is 4.09. The number of para-hydroxylation sites is 1. The Morgan fingerprint density at radius 2 is 1.68 bits per heavy atom. The summed E-state index contributed by atoms with van der Waals surface area (Å²) in [5.74, 6) is 5.71. The number of rotatable bonds is 3. The maximum Gasteiger partial charge on any atom is 0.0880 e. The number of nitrogens with zero attached hydrogens (tertiary/aromatic N) is 3. The summed E-state index contributed by atoms with van der Waals surface area (Å²) in [6.07, 6.45) is 0. The molecule has 1 N–H and O–H groups in total. The van der Waals surface area contributed by atoms with Crippen molar-refractivity contribution in [2.75, 3.05) is 11.9 Å². The first kappa shape index (κ1) is 12.6. The van der Waals surface area contributed by atoms with Crippen molar-refractivity contribution < 1.29 is 0 Å². The molecule has 2 aromatic carbocycles. The van der Waals surface area contributed by atoms with Gasteiger partial charge in [-0.2, -0.15) is 0 Å². The maximum atomic E-state index is 8.12. The van der Waals surface area contributed by atoms with E-state index >= 15 is 0 Å². The van der Waals surface area contributed by atoms with E-state index in [0.29, 0.717) is 0 Å². The number of nitrogens with one attached hydrogen (secondary N) is 1. The number of benzene rings is 2. The van der Waals surface area contributed by atoms with Gasteiger partial charge in [-0.3, -0.25) is 0 Å². The summed E-state index contributed by atoms with van der Waals surface area (Å²) >= 11 is 0. The normalized spacial score (nSPS) is 8.84. The zero-order valence-corrected chi connectivity index (χ0v) is 10.2. The van der Waals surface area contributed by atoms with Crippen LogP contribution in [0, 0.1) is 11.8 Å². The SMILES string of the molecule is [N-]=[N+]=NCC#Cc1ccc(Nc2ccccc2)cc1. The van der Waals surface area contributed by atoms with Crippen LogP contribution in [-0.4, -0.2) is 6.54 Å². The van der Waals surface area contributed by atoms with E-state index in [1.807, 2.05) is 54.6 Å². The van der Waals surface area contributed by atoms with Crippen molar-refractivity contribution in [2.45, 2.75) is 0 Å². The average molecular weight is 248 g/mol. The molecule has 2 aromatic rings. The maximum absolute atomic E-state index is 8.12. The molecule has 19 heavy (non-hydrogen) atoms. The lowest BCUT2D eigenvalue weighted by molar-refractivity contribution is 1.25. The van der Waals surface area contributed by atoms with Crippen LogP contribution in [0.25, 0.3) is 10.4 Å². The molecule has 0 atom stereocenters. The standard InChI is InChI=1S/C15H12N4/c16-19-17-12-4-5-13-8-10-15(11-9-13)18-14-6-2-1-3-7-14/h1-3,6-11,18H,12H2. The van der Waals surface area contributed by atoms with Crippen molar-refractivity contribution >= 4 is 11.4 Å². The third kappa shape index (κ3) is 4.12. The van der Waals surface area contributed by atoms with E-state index in [-0.39, 0.29) is 6.54 Å². The van der Waals surface area contributed by atoms with E-state index < -0.39 is 0 Å². The molecule has 0 aliphatic rings. The van der Waals surface area contributed by atoms with Crippen LogP contribution in [0.1, 0.15) is 5.56 Å². The quantitative estimate of drug-likeness (QED) is 0.378. The summed E-state index contributed by atoms with van der Waals surface area (Å²) < 4.78 is 0. The Morgan fingerprint density at radius 3 is 2.37 bits per heavy atom. The van der Waals surface area contributed by atoms with E-state index in [9.17, 15) is 0 Å². The minimum Gasteiger partial charge on any atom is -0.356 e. The lowest BCUT2D eigenvalue weighted by Crippen LogP contribution is -1.89. The van der Waals surface area contributed by atoms with E-state index in [2.05, 4.69) is 27.2 Å². The third-order valence-corrected chi connectivity index (χ3v) is 2.39. The second kappa shape index (κ2) is 6.75. The van der Waals surface area contributed by atoms with Crippen LogP contribution in [0.5, 0.6) is 0 Å². The minimum atomic E-state index is 0.195. The van der Waals surface area contributed by atoms with Crippen LogP contribution in [0.4, 0.5) is 11.4 Å². The van der Waals surface area contributed by atoms with Crippen molar-refractivity contribution in [1.82, 2.24) is 0 Å². The van der Waals surface area contributed by atoms with E-state index in [4.69, 9.17) is 5.53 Å². The molecule has 0 heterocycles. The highest BCUT2D eigenvalue weighted by molar-refractivity contribution is 5.60. The molecule has 0 amide bonds. The molecule has 4 heteroatoms. The molecule has 0 aliphatic heterocycles. The van der Waals surface area contributed by atoms with Gasteiger partial charge in [0.05, 0.1) is 6.54 Å². The van der Waals surface area contributed by atoms with Crippen LogP contribution in [0.15, 0.2) is 59.7 Å². The molecule has 0 aromatic heterocycles. The Morgan fingerprint density at radius 1 is 1.00 bits per heavy atom. The molecule has 0 bridgehead atoms. The first-order valence-corrected chi connectivity index (χ1v) is 5.80. The summed E-state index contributed by atoms with van der Waals surface area (Å²) in [6.45, 7) is 0.195. The molecule has 0 aliphatic carbocycles. The number of hydrogen-bond acceptors (Lipinski definition) is 2. The van der Waals surface area contributed by atoms with Gasteiger partial charge in [0.1, 0.15) is 0 Å². The zero-order chi connectivity index (χ0) is 13.3. The lowest BCUT2D eigenvalue weighted by atomic mass is 10.2. The molecule has 92 valence electrons. The van der Waals surface area contributed by atoms with Crippen LogP contribution in [-0.2, 0) is 0 Å². The van der Waals surface area contributed by atoms with E-state index in [1.54, 1.807) is 0 Å². The lowest BCUT2D eigenvalue weighted by Gasteiger charge is -2.05. The van der Waals surface area contributed by atoms with Crippen molar-refractivity contribution in [1.29, 1.82) is 0 Å². The van der Waals surface area contributed by atoms with Gasteiger partial charge in [-0.05, 0) is 41.9 Å². The largest absolute Gasteiger partial charge is 0.356 e. The Balaban J connectivity index is 2.02. The highest BCUT2D eigenvalue weighted by Crippen LogP contribution is 2.16. The molecule has 4 nitrogen and oxygen atoms in total. The Kier molecular flexibility index (Phi) is 4.46. The number of azide groups is 1. The van der Waals surface area contributed by atoms with Gasteiger partial charge in [-0.1, -0.05) is 35.2 Å². The number of hydrogen-bond donors (Lipinski definition) is 1. The zero-order valence-electron chi connectivity index (χ0n) is 10.2. The van der Waals surface area contributed by atoms with Gasteiger partial charge in [0.2, 0.25) is 0 Å². The second-order valence-electron chi connectivity index (χ2n) is 3.76. The predicted molar refractivity (Wildman–Crippen MR) is 77.1 cm³/mol. The van der Waals surface area contributed by atoms with Crippen LogP contribution in [0.3, 0.4) is 0 Å². The van der Waals surface area contributed by atoms with E-state index in [1.165, 1.54) is 0 Å². The monoisotopic (exact) mass is 248 g/mol. The fourth-order valence-electron chi connectivity index (χ4n) is 1.53. The molecule has 0 saturated carbocycles. The summed E-state index contributed by atoms with van der Waals surface area (Å²) in [6, 6.07) is 17.7. The third-order valence-electron chi connectivity index (χ3n) is 2.39. The van der Waals surface area contributed by atoms with E-state index in [0.717, 1.165) is 16.9 Å². The summed E-state index contributed by atoms with van der Waals surface area (Å²) in [5.41, 5.74) is 11.1. The minimum absolute atomic E-state index is 0.195. The molecule has 0 radical (unpaired) electrons. The van der Waals surface area contributed by atoms with Gasteiger partial charge in [-0.15, -0.1) is 0 Å². The van der Waals surface area contributed by atoms with Crippen LogP contribution < -0.4 is 5.32 Å². The molecule has 0 spiro atoms. The first-order valence-electron chi connectivity index (χ1n) is 5.80. The second-order valence-corrected chi connectivity index (χ2v) is 3.76. The van der Waals surface area contributed by atoms with Crippen LogP contribution >= 0.6 is 0 Å². The van der Waals surface area contributed by atoms with Gasteiger partial charge in [0, 0.05) is 21.8 Å². The fourth-order valence-corrected chi connectivity index (χ4v) is 1.53. The Bertz CT molecular complexity index is 629.